The molecule has 8 nitrogen and oxygen atoms in total. The first-order valence-corrected chi connectivity index (χ1v) is 7.92. The van der Waals surface area contributed by atoms with Gasteiger partial charge in [0.15, 0.2) is 0 Å². The third kappa shape index (κ3) is 2.52. The molecule has 3 N–H and O–H groups in total. The van der Waals surface area contributed by atoms with Crippen LogP contribution in [-0.2, 0) is 0 Å². The van der Waals surface area contributed by atoms with Crippen LogP contribution in [0.3, 0.4) is 0 Å². The molecule has 1 aliphatic heterocycles. The van der Waals surface area contributed by atoms with Crippen LogP contribution in [0.1, 0.15) is 5.82 Å². The molecule has 26 heavy (non-hydrogen) atoms. The van der Waals surface area contributed by atoms with Crippen molar-refractivity contribution in [3.63, 3.8) is 0 Å². The lowest BCUT2D eigenvalue weighted by atomic mass is 10.2. The third-order valence-corrected chi connectivity index (χ3v) is 4.27. The second-order valence-electron chi connectivity index (χ2n) is 5.81. The molecule has 0 amide bonds. The number of rotatable bonds is 4. The number of hydrogen-bond acceptors (Lipinski definition) is 6. The smallest absolute Gasteiger partial charge is 0.145 e. The van der Waals surface area contributed by atoms with E-state index in [1.54, 1.807) is 55.8 Å². The number of anilines is 1. The number of amidine groups is 1. The number of benzene rings is 1. The van der Waals surface area contributed by atoms with Crippen molar-refractivity contribution < 1.29 is 14.6 Å². The lowest BCUT2D eigenvalue weighted by Gasteiger charge is -2.20. The average Bonchev–Trinajstić information content (AvgIpc) is 3.21. The van der Waals surface area contributed by atoms with Crippen LogP contribution in [0.2, 0.25) is 0 Å². The summed E-state index contributed by atoms with van der Waals surface area (Å²) in [5.74, 6) is 1.87. The van der Waals surface area contributed by atoms with Crippen LogP contribution in [0.4, 0.5) is 5.69 Å². The molecule has 0 radical (unpaired) electrons. The molecular formula is C18H17N5O3. The second-order valence-corrected chi connectivity index (χ2v) is 5.81. The standard InChI is InChI=1S/C18H17N5O3/c1-25-11-5-10(6-12(7-11)26-2)23-9-15(24)16(17(23)19)18-21-13-3-4-20-8-14(13)22-18/h3-8,19,24H,9H2,1-2H3,(H,21,22). The first-order valence-electron chi connectivity index (χ1n) is 7.92. The molecule has 8 heteroatoms. The zero-order valence-corrected chi connectivity index (χ0v) is 14.3. The Kier molecular flexibility index (Phi) is 3.72. The Morgan fingerprint density at radius 1 is 1.19 bits per heavy atom. The summed E-state index contributed by atoms with van der Waals surface area (Å²) < 4.78 is 10.6. The van der Waals surface area contributed by atoms with Crippen molar-refractivity contribution in [2.24, 2.45) is 0 Å². The van der Waals surface area contributed by atoms with Crippen molar-refractivity contribution in [3.8, 4) is 11.5 Å². The van der Waals surface area contributed by atoms with E-state index in [-0.39, 0.29) is 18.1 Å². The van der Waals surface area contributed by atoms with Gasteiger partial charge in [0.1, 0.15) is 28.9 Å². The van der Waals surface area contributed by atoms with Gasteiger partial charge in [-0.1, -0.05) is 0 Å². The van der Waals surface area contributed by atoms with Gasteiger partial charge in [0.2, 0.25) is 0 Å². The van der Waals surface area contributed by atoms with Crippen LogP contribution < -0.4 is 14.4 Å². The summed E-state index contributed by atoms with van der Waals surface area (Å²) in [7, 11) is 3.13. The van der Waals surface area contributed by atoms with Crippen LogP contribution in [0.15, 0.2) is 42.4 Å². The molecule has 0 unspecified atom stereocenters. The molecule has 0 spiro atoms. The first-order chi connectivity index (χ1) is 12.6. The minimum Gasteiger partial charge on any atom is -0.509 e. The lowest BCUT2D eigenvalue weighted by Crippen LogP contribution is -2.26. The van der Waals surface area contributed by atoms with Crippen molar-refractivity contribution in [2.45, 2.75) is 0 Å². The molecular weight excluding hydrogens is 334 g/mol. The van der Waals surface area contributed by atoms with E-state index >= 15 is 0 Å². The Balaban J connectivity index is 1.72. The monoisotopic (exact) mass is 351 g/mol. The highest BCUT2D eigenvalue weighted by Gasteiger charge is 2.31. The molecule has 0 bridgehead atoms. The first kappa shape index (κ1) is 15.9. The molecule has 4 rings (SSSR count). The van der Waals surface area contributed by atoms with E-state index in [1.807, 2.05) is 0 Å². The normalized spacial score (nSPS) is 14.4. The fourth-order valence-electron chi connectivity index (χ4n) is 2.97. The molecule has 2 aromatic heterocycles. The predicted octanol–water partition coefficient (Wildman–Crippen LogP) is 2.74. The number of aromatic amines is 1. The Morgan fingerprint density at radius 2 is 1.92 bits per heavy atom. The van der Waals surface area contributed by atoms with Crippen LogP contribution in [0.25, 0.3) is 16.6 Å². The molecule has 1 aliphatic rings. The SMILES string of the molecule is COc1cc(OC)cc(N2CC(O)=C(c3nc4ccncc4[nH]3)C2=N)c1. The highest BCUT2D eigenvalue weighted by Crippen LogP contribution is 2.34. The highest BCUT2D eigenvalue weighted by atomic mass is 16.5. The number of fused-ring (bicyclic) bond motifs is 1. The minimum absolute atomic E-state index is 0.0730. The Bertz CT molecular complexity index is 985. The maximum absolute atomic E-state index is 10.5. The Hall–Kier alpha value is -3.55. The Morgan fingerprint density at radius 3 is 2.58 bits per heavy atom. The maximum atomic E-state index is 10.5. The largest absolute Gasteiger partial charge is 0.509 e. The number of aliphatic hydroxyl groups is 1. The van der Waals surface area contributed by atoms with Gasteiger partial charge in [0.05, 0.1) is 49.3 Å². The van der Waals surface area contributed by atoms with Crippen LogP contribution >= 0.6 is 0 Å². The zero-order chi connectivity index (χ0) is 18.3. The summed E-state index contributed by atoms with van der Waals surface area (Å²) in [6.45, 7) is 0.166. The average molecular weight is 351 g/mol. The molecule has 0 saturated carbocycles. The summed E-state index contributed by atoms with van der Waals surface area (Å²) in [5.41, 5.74) is 2.52. The molecule has 0 saturated heterocycles. The number of nitrogens with one attached hydrogen (secondary N) is 2. The number of aromatic nitrogens is 3. The van der Waals surface area contributed by atoms with Gasteiger partial charge in [-0.05, 0) is 6.07 Å². The van der Waals surface area contributed by atoms with Crippen LogP contribution in [0, 0.1) is 5.41 Å². The van der Waals surface area contributed by atoms with Gasteiger partial charge in [-0.2, -0.15) is 0 Å². The van der Waals surface area contributed by atoms with Gasteiger partial charge in [0.25, 0.3) is 0 Å². The Labute approximate surface area is 149 Å². The fraction of sp³-hybridized carbons (Fsp3) is 0.167. The topological polar surface area (TPSA) is 107 Å². The van der Waals surface area contributed by atoms with Gasteiger partial charge >= 0.3 is 0 Å². The molecule has 0 aliphatic carbocycles. The van der Waals surface area contributed by atoms with Crippen molar-refractivity contribution in [1.82, 2.24) is 15.0 Å². The third-order valence-electron chi connectivity index (χ3n) is 4.27. The number of H-pyrrole nitrogens is 1. The van der Waals surface area contributed by atoms with Crippen LogP contribution in [-0.4, -0.2) is 46.7 Å². The number of nitrogens with zero attached hydrogens (tertiary/aromatic N) is 3. The zero-order valence-electron chi connectivity index (χ0n) is 14.3. The van der Waals surface area contributed by atoms with E-state index in [1.165, 1.54) is 0 Å². The van der Waals surface area contributed by atoms with Crippen molar-refractivity contribution >= 4 is 28.1 Å². The van der Waals surface area contributed by atoms with Crippen molar-refractivity contribution in [1.29, 1.82) is 5.41 Å². The summed E-state index contributed by atoms with van der Waals surface area (Å²) in [5, 5.41) is 19.0. The number of methoxy groups -OCH3 is 2. The molecule has 0 atom stereocenters. The summed E-state index contributed by atoms with van der Waals surface area (Å²) in [4.78, 5) is 13.3. The predicted molar refractivity (Wildman–Crippen MR) is 98.1 cm³/mol. The lowest BCUT2D eigenvalue weighted by molar-refractivity contribution is 0.394. The van der Waals surface area contributed by atoms with Crippen molar-refractivity contribution in [2.75, 3.05) is 25.7 Å². The van der Waals surface area contributed by atoms with E-state index in [2.05, 4.69) is 15.0 Å². The summed E-state index contributed by atoms with van der Waals surface area (Å²) in [6, 6.07) is 7.10. The van der Waals surface area contributed by atoms with Gasteiger partial charge in [-0.15, -0.1) is 0 Å². The highest BCUT2D eigenvalue weighted by molar-refractivity contribution is 6.30. The van der Waals surface area contributed by atoms with E-state index in [9.17, 15) is 5.11 Å². The molecule has 3 aromatic rings. The maximum Gasteiger partial charge on any atom is 0.145 e. The number of hydrogen-bond donors (Lipinski definition) is 3. The molecule has 1 aromatic carbocycles. The molecule has 3 heterocycles. The number of ether oxygens (including phenoxy) is 2. The molecule has 132 valence electrons. The minimum atomic E-state index is 0.0730. The van der Waals surface area contributed by atoms with E-state index < -0.39 is 0 Å². The second kappa shape index (κ2) is 6.07. The van der Waals surface area contributed by atoms with Crippen LogP contribution in [0.5, 0.6) is 11.5 Å². The van der Waals surface area contributed by atoms with Gasteiger partial charge < -0.3 is 24.5 Å². The number of aliphatic hydroxyl groups excluding tert-OH is 1. The van der Waals surface area contributed by atoms with Gasteiger partial charge in [-0.25, -0.2) is 4.98 Å². The fourth-order valence-corrected chi connectivity index (χ4v) is 2.97. The van der Waals surface area contributed by atoms with E-state index in [0.717, 1.165) is 11.0 Å². The molecule has 0 fully saturated rings. The van der Waals surface area contributed by atoms with Crippen molar-refractivity contribution in [3.05, 3.63) is 48.2 Å². The summed E-state index contributed by atoms with van der Waals surface area (Å²) in [6.07, 6.45) is 3.31. The van der Waals surface area contributed by atoms with E-state index in [0.29, 0.717) is 28.6 Å². The quantitative estimate of drug-likeness (QED) is 0.667. The van der Waals surface area contributed by atoms with E-state index in [4.69, 9.17) is 14.9 Å². The number of imidazole rings is 1. The summed E-state index contributed by atoms with van der Waals surface area (Å²) >= 11 is 0. The van der Waals surface area contributed by atoms with Gasteiger partial charge in [0, 0.05) is 24.4 Å². The van der Waals surface area contributed by atoms with Gasteiger partial charge in [-0.3, -0.25) is 10.4 Å². The number of pyridine rings is 1.